The minimum Gasteiger partial charge on any atom is -0.472 e. The first kappa shape index (κ1) is 17.7. The number of benzene rings is 2. The van der Waals surface area contributed by atoms with Gasteiger partial charge in [-0.25, -0.2) is 0 Å². The molecular weight excluding hydrogens is 348 g/mol. The summed E-state index contributed by atoms with van der Waals surface area (Å²) in [6.07, 6.45) is 6.57. The summed E-state index contributed by atoms with van der Waals surface area (Å²) in [5.74, 6) is -0.0582. The van der Waals surface area contributed by atoms with Gasteiger partial charge >= 0.3 is 0 Å². The standard InChI is InChI=1S/C24H20N2O2/c27-24(21-10-6-13-25-15-21)26(16-19-12-14-28-18-19)17-22-9-4-5-11-23(22)20-7-2-1-3-8-20/h1-15,18H,16-17H2. The van der Waals surface area contributed by atoms with Gasteiger partial charge in [-0.2, -0.15) is 0 Å². The van der Waals surface area contributed by atoms with Gasteiger partial charge in [0.1, 0.15) is 0 Å². The molecule has 4 rings (SSSR count). The molecule has 2 heterocycles. The molecule has 28 heavy (non-hydrogen) atoms. The lowest BCUT2D eigenvalue weighted by molar-refractivity contribution is 0.0729. The van der Waals surface area contributed by atoms with Crippen LogP contribution in [0, 0.1) is 0 Å². The first-order chi connectivity index (χ1) is 13.8. The van der Waals surface area contributed by atoms with E-state index in [0.717, 1.165) is 22.3 Å². The molecule has 4 heteroatoms. The first-order valence-corrected chi connectivity index (χ1v) is 9.15. The zero-order valence-electron chi connectivity index (χ0n) is 15.4. The van der Waals surface area contributed by atoms with Crippen LogP contribution in [0.4, 0.5) is 0 Å². The van der Waals surface area contributed by atoms with E-state index < -0.39 is 0 Å². The van der Waals surface area contributed by atoms with Crippen LogP contribution >= 0.6 is 0 Å². The molecule has 2 aromatic heterocycles. The van der Waals surface area contributed by atoms with E-state index in [9.17, 15) is 4.79 Å². The molecule has 0 aliphatic rings. The molecule has 0 spiro atoms. The quantitative estimate of drug-likeness (QED) is 0.471. The predicted octanol–water partition coefficient (Wildman–Crippen LogP) is 5.18. The van der Waals surface area contributed by atoms with Gasteiger partial charge in [-0.1, -0.05) is 54.6 Å². The zero-order chi connectivity index (χ0) is 19.2. The van der Waals surface area contributed by atoms with Crippen molar-refractivity contribution in [1.82, 2.24) is 9.88 Å². The summed E-state index contributed by atoms with van der Waals surface area (Å²) in [5.41, 5.74) is 4.88. The Morgan fingerprint density at radius 1 is 0.893 bits per heavy atom. The van der Waals surface area contributed by atoms with Crippen LogP contribution in [0.1, 0.15) is 21.5 Å². The van der Waals surface area contributed by atoms with Crippen LogP contribution in [0.3, 0.4) is 0 Å². The van der Waals surface area contributed by atoms with Crippen molar-refractivity contribution in [3.8, 4) is 11.1 Å². The maximum Gasteiger partial charge on any atom is 0.256 e. The van der Waals surface area contributed by atoms with E-state index in [1.165, 1.54) is 0 Å². The molecule has 0 saturated carbocycles. The summed E-state index contributed by atoms with van der Waals surface area (Å²) in [5, 5.41) is 0. The molecule has 2 aromatic carbocycles. The second-order valence-electron chi connectivity index (χ2n) is 6.56. The molecule has 0 bridgehead atoms. The second-order valence-corrected chi connectivity index (χ2v) is 6.56. The topological polar surface area (TPSA) is 46.3 Å². The van der Waals surface area contributed by atoms with Crippen molar-refractivity contribution in [2.45, 2.75) is 13.1 Å². The molecule has 0 N–H and O–H groups in total. The van der Waals surface area contributed by atoms with Crippen molar-refractivity contribution >= 4 is 5.91 Å². The Bertz CT molecular complexity index is 1030. The van der Waals surface area contributed by atoms with Crippen molar-refractivity contribution in [3.05, 3.63) is 114 Å². The van der Waals surface area contributed by atoms with Crippen molar-refractivity contribution in [1.29, 1.82) is 0 Å². The van der Waals surface area contributed by atoms with Gasteiger partial charge in [-0.15, -0.1) is 0 Å². The van der Waals surface area contributed by atoms with E-state index in [1.807, 2.05) is 41.3 Å². The average molecular weight is 368 g/mol. The smallest absolute Gasteiger partial charge is 0.256 e. The number of amides is 1. The third-order valence-corrected chi connectivity index (χ3v) is 4.61. The Balaban J connectivity index is 1.68. The molecule has 0 unspecified atom stereocenters. The van der Waals surface area contributed by atoms with Crippen molar-refractivity contribution < 1.29 is 9.21 Å². The lowest BCUT2D eigenvalue weighted by atomic mass is 9.99. The summed E-state index contributed by atoms with van der Waals surface area (Å²) < 4.78 is 5.19. The molecular formula is C24H20N2O2. The van der Waals surface area contributed by atoms with Gasteiger partial charge in [0.2, 0.25) is 0 Å². The molecule has 4 aromatic rings. The largest absolute Gasteiger partial charge is 0.472 e. The highest BCUT2D eigenvalue weighted by molar-refractivity contribution is 5.94. The number of carbonyl (C=O) groups excluding carboxylic acids is 1. The molecule has 0 aliphatic carbocycles. The van der Waals surface area contributed by atoms with Gasteiger partial charge in [0, 0.05) is 31.0 Å². The van der Waals surface area contributed by atoms with E-state index in [-0.39, 0.29) is 5.91 Å². The normalized spacial score (nSPS) is 10.6. The number of aromatic nitrogens is 1. The highest BCUT2D eigenvalue weighted by Gasteiger charge is 2.19. The number of furan rings is 1. The molecule has 0 saturated heterocycles. The molecule has 0 atom stereocenters. The predicted molar refractivity (Wildman–Crippen MR) is 108 cm³/mol. The van der Waals surface area contributed by atoms with Gasteiger partial charge in [0.25, 0.3) is 5.91 Å². The monoisotopic (exact) mass is 368 g/mol. The van der Waals surface area contributed by atoms with Crippen LogP contribution in [0.2, 0.25) is 0 Å². The van der Waals surface area contributed by atoms with E-state index in [2.05, 4.69) is 29.2 Å². The maximum atomic E-state index is 13.2. The van der Waals surface area contributed by atoms with Crippen molar-refractivity contribution in [2.24, 2.45) is 0 Å². The van der Waals surface area contributed by atoms with Crippen LogP contribution < -0.4 is 0 Å². The molecule has 0 aliphatic heterocycles. The van der Waals surface area contributed by atoms with Crippen LogP contribution in [0.25, 0.3) is 11.1 Å². The number of nitrogens with zero attached hydrogens (tertiary/aromatic N) is 2. The van der Waals surface area contributed by atoms with Crippen LogP contribution in [-0.2, 0) is 13.1 Å². The number of pyridine rings is 1. The fraction of sp³-hybridized carbons (Fsp3) is 0.0833. The Labute approximate surface area is 164 Å². The summed E-state index contributed by atoms with van der Waals surface area (Å²) >= 11 is 0. The van der Waals surface area contributed by atoms with Crippen LogP contribution in [0.5, 0.6) is 0 Å². The van der Waals surface area contributed by atoms with Crippen LogP contribution in [-0.4, -0.2) is 15.8 Å². The SMILES string of the molecule is O=C(c1cccnc1)N(Cc1ccoc1)Cc1ccccc1-c1ccccc1. The molecule has 1 amide bonds. The van der Waals surface area contributed by atoms with Crippen molar-refractivity contribution in [3.63, 3.8) is 0 Å². The third-order valence-electron chi connectivity index (χ3n) is 4.61. The minimum absolute atomic E-state index is 0.0582. The lowest BCUT2D eigenvalue weighted by Crippen LogP contribution is -2.30. The number of hydrogen-bond acceptors (Lipinski definition) is 3. The second kappa shape index (κ2) is 8.35. The summed E-state index contributed by atoms with van der Waals surface area (Å²) in [7, 11) is 0. The minimum atomic E-state index is -0.0582. The summed E-state index contributed by atoms with van der Waals surface area (Å²) in [6, 6.07) is 23.9. The van der Waals surface area contributed by atoms with Crippen molar-refractivity contribution in [2.75, 3.05) is 0 Å². The third kappa shape index (κ3) is 4.01. The van der Waals surface area contributed by atoms with Gasteiger partial charge < -0.3 is 9.32 Å². The molecule has 0 radical (unpaired) electrons. The lowest BCUT2D eigenvalue weighted by Gasteiger charge is -2.24. The molecule has 138 valence electrons. The van der Waals surface area contributed by atoms with E-state index >= 15 is 0 Å². The Morgan fingerprint density at radius 2 is 1.71 bits per heavy atom. The van der Waals surface area contributed by atoms with E-state index in [0.29, 0.717) is 18.7 Å². The highest BCUT2D eigenvalue weighted by atomic mass is 16.3. The van der Waals surface area contributed by atoms with E-state index in [1.54, 1.807) is 37.1 Å². The zero-order valence-corrected chi connectivity index (χ0v) is 15.4. The number of carbonyl (C=O) groups is 1. The maximum absolute atomic E-state index is 13.2. The Hall–Kier alpha value is -3.66. The highest BCUT2D eigenvalue weighted by Crippen LogP contribution is 2.25. The molecule has 0 fully saturated rings. The van der Waals surface area contributed by atoms with Crippen LogP contribution in [0.15, 0.2) is 102 Å². The first-order valence-electron chi connectivity index (χ1n) is 9.15. The Kier molecular flexibility index (Phi) is 5.29. The van der Waals surface area contributed by atoms with Gasteiger partial charge in [0.05, 0.1) is 18.1 Å². The van der Waals surface area contributed by atoms with Gasteiger partial charge in [-0.05, 0) is 34.9 Å². The number of hydrogen-bond donors (Lipinski definition) is 0. The van der Waals surface area contributed by atoms with Gasteiger partial charge in [0.15, 0.2) is 0 Å². The van der Waals surface area contributed by atoms with Gasteiger partial charge in [-0.3, -0.25) is 9.78 Å². The van der Waals surface area contributed by atoms with E-state index in [4.69, 9.17) is 4.42 Å². The average Bonchev–Trinajstić information content (AvgIpc) is 3.27. The number of rotatable bonds is 6. The fourth-order valence-corrected chi connectivity index (χ4v) is 3.24. The fourth-order valence-electron chi connectivity index (χ4n) is 3.24. The molecule has 4 nitrogen and oxygen atoms in total. The summed E-state index contributed by atoms with van der Waals surface area (Å²) in [6.45, 7) is 0.956. The Morgan fingerprint density at radius 3 is 2.46 bits per heavy atom. The summed E-state index contributed by atoms with van der Waals surface area (Å²) in [4.78, 5) is 19.1.